The van der Waals surface area contributed by atoms with Gasteiger partial charge in [-0.15, -0.1) is 0 Å². The van der Waals surface area contributed by atoms with Crippen molar-refractivity contribution in [2.45, 2.75) is 32.8 Å². The first kappa shape index (κ1) is 17.1. The molecule has 1 amide bonds. The SMILES string of the molecule is CN(CC1CCN(C(=O)OC(C)(C)C)C1)c1cccc(Br)n1. The van der Waals surface area contributed by atoms with Crippen LogP contribution in [0.4, 0.5) is 10.6 Å². The van der Waals surface area contributed by atoms with Gasteiger partial charge in [-0.2, -0.15) is 0 Å². The lowest BCUT2D eigenvalue weighted by molar-refractivity contribution is 0.0288. The van der Waals surface area contributed by atoms with Gasteiger partial charge in [-0.1, -0.05) is 6.07 Å². The molecule has 1 unspecified atom stereocenters. The highest BCUT2D eigenvalue weighted by Crippen LogP contribution is 2.22. The van der Waals surface area contributed by atoms with Gasteiger partial charge in [0, 0.05) is 26.7 Å². The van der Waals surface area contributed by atoms with Crippen LogP contribution in [0.1, 0.15) is 27.2 Å². The van der Waals surface area contributed by atoms with E-state index in [1.807, 2.05) is 46.0 Å². The first-order valence-electron chi connectivity index (χ1n) is 7.56. The van der Waals surface area contributed by atoms with Crippen LogP contribution in [0.2, 0.25) is 0 Å². The zero-order chi connectivity index (χ0) is 16.3. The lowest BCUT2D eigenvalue weighted by atomic mass is 10.1. The van der Waals surface area contributed by atoms with Crippen molar-refractivity contribution >= 4 is 27.8 Å². The molecule has 5 nitrogen and oxygen atoms in total. The second kappa shape index (κ2) is 6.86. The fourth-order valence-corrected chi connectivity index (χ4v) is 2.90. The van der Waals surface area contributed by atoms with Gasteiger partial charge in [0.2, 0.25) is 0 Å². The molecule has 22 heavy (non-hydrogen) atoms. The molecule has 1 aliphatic heterocycles. The van der Waals surface area contributed by atoms with Crippen LogP contribution in [0.3, 0.4) is 0 Å². The van der Waals surface area contributed by atoms with E-state index in [9.17, 15) is 4.79 Å². The quantitative estimate of drug-likeness (QED) is 0.764. The van der Waals surface area contributed by atoms with E-state index in [0.29, 0.717) is 5.92 Å². The highest BCUT2D eigenvalue weighted by molar-refractivity contribution is 9.10. The van der Waals surface area contributed by atoms with Gasteiger partial charge in [0.1, 0.15) is 16.0 Å². The first-order chi connectivity index (χ1) is 10.2. The molecule has 1 fully saturated rings. The summed E-state index contributed by atoms with van der Waals surface area (Å²) in [5.41, 5.74) is -0.438. The number of likely N-dealkylation sites (tertiary alicyclic amines) is 1. The normalized spacial score (nSPS) is 18.4. The van der Waals surface area contributed by atoms with E-state index in [0.717, 1.165) is 36.5 Å². The number of amides is 1. The summed E-state index contributed by atoms with van der Waals surface area (Å²) in [6, 6.07) is 5.88. The Morgan fingerprint density at radius 3 is 2.86 bits per heavy atom. The predicted octanol–water partition coefficient (Wildman–Crippen LogP) is 3.54. The molecule has 0 bridgehead atoms. The number of anilines is 1. The van der Waals surface area contributed by atoms with E-state index in [1.165, 1.54) is 0 Å². The molecule has 0 aromatic carbocycles. The monoisotopic (exact) mass is 369 g/mol. The number of nitrogens with zero attached hydrogens (tertiary/aromatic N) is 3. The molecule has 122 valence electrons. The second-order valence-corrected chi connectivity index (χ2v) is 7.59. The molecule has 0 aliphatic carbocycles. The maximum absolute atomic E-state index is 12.1. The first-order valence-corrected chi connectivity index (χ1v) is 8.35. The highest BCUT2D eigenvalue weighted by atomic mass is 79.9. The summed E-state index contributed by atoms with van der Waals surface area (Å²) in [6.07, 6.45) is 0.788. The zero-order valence-electron chi connectivity index (χ0n) is 13.7. The van der Waals surface area contributed by atoms with Crippen molar-refractivity contribution in [1.29, 1.82) is 0 Å². The van der Waals surface area contributed by atoms with Crippen molar-refractivity contribution in [2.75, 3.05) is 31.6 Å². The van der Waals surface area contributed by atoms with E-state index in [2.05, 4.69) is 25.8 Å². The van der Waals surface area contributed by atoms with Crippen LogP contribution < -0.4 is 4.90 Å². The number of aromatic nitrogens is 1. The summed E-state index contributed by atoms with van der Waals surface area (Å²) in [5.74, 6) is 1.38. The Morgan fingerprint density at radius 1 is 1.50 bits per heavy atom. The molecular weight excluding hydrogens is 346 g/mol. The number of rotatable bonds is 3. The molecule has 0 spiro atoms. The largest absolute Gasteiger partial charge is 0.444 e. The number of carbonyl (C=O) groups is 1. The molecule has 1 aromatic heterocycles. The minimum atomic E-state index is -0.438. The zero-order valence-corrected chi connectivity index (χ0v) is 15.3. The standard InChI is InChI=1S/C16H24BrN3O2/c1-16(2,3)22-15(21)20-9-8-12(11-20)10-19(4)14-7-5-6-13(17)18-14/h5-7,12H,8-11H2,1-4H3. The van der Waals surface area contributed by atoms with E-state index in [-0.39, 0.29) is 6.09 Å². The van der Waals surface area contributed by atoms with Gasteiger partial charge in [0.25, 0.3) is 0 Å². The fraction of sp³-hybridized carbons (Fsp3) is 0.625. The van der Waals surface area contributed by atoms with Gasteiger partial charge in [-0.05, 0) is 61.2 Å². The van der Waals surface area contributed by atoms with Gasteiger partial charge in [-0.25, -0.2) is 9.78 Å². The Hall–Kier alpha value is -1.30. The summed E-state index contributed by atoms with van der Waals surface area (Å²) in [7, 11) is 2.03. The minimum Gasteiger partial charge on any atom is -0.444 e. The number of pyridine rings is 1. The van der Waals surface area contributed by atoms with Crippen molar-refractivity contribution in [3.05, 3.63) is 22.8 Å². The molecular formula is C16H24BrN3O2. The summed E-state index contributed by atoms with van der Waals surface area (Å²) in [5, 5.41) is 0. The maximum atomic E-state index is 12.1. The predicted molar refractivity (Wildman–Crippen MR) is 91.1 cm³/mol. The molecule has 0 saturated carbocycles. The molecule has 1 saturated heterocycles. The van der Waals surface area contributed by atoms with Crippen molar-refractivity contribution < 1.29 is 9.53 Å². The third-order valence-electron chi connectivity index (χ3n) is 3.56. The minimum absolute atomic E-state index is 0.210. The number of ether oxygens (including phenoxy) is 1. The van der Waals surface area contributed by atoms with Crippen LogP contribution in [0.25, 0.3) is 0 Å². The number of hydrogen-bond acceptors (Lipinski definition) is 4. The summed E-state index contributed by atoms with van der Waals surface area (Å²) in [4.78, 5) is 20.5. The molecule has 6 heteroatoms. The van der Waals surface area contributed by atoms with Crippen molar-refractivity contribution in [1.82, 2.24) is 9.88 Å². The Kier molecular flexibility index (Phi) is 5.32. The van der Waals surface area contributed by atoms with E-state index in [4.69, 9.17) is 4.74 Å². The van der Waals surface area contributed by atoms with E-state index < -0.39 is 5.60 Å². The van der Waals surface area contributed by atoms with Gasteiger partial charge < -0.3 is 14.5 Å². The van der Waals surface area contributed by atoms with Gasteiger partial charge >= 0.3 is 6.09 Å². The van der Waals surface area contributed by atoms with E-state index in [1.54, 1.807) is 4.90 Å². The molecule has 1 aromatic rings. The molecule has 0 N–H and O–H groups in total. The number of halogens is 1. The molecule has 2 rings (SSSR count). The Labute approximate surface area is 140 Å². The highest BCUT2D eigenvalue weighted by Gasteiger charge is 2.30. The van der Waals surface area contributed by atoms with Crippen LogP contribution in [0, 0.1) is 5.92 Å². The Bertz CT molecular complexity index is 530. The third kappa shape index (κ3) is 4.87. The second-order valence-electron chi connectivity index (χ2n) is 6.78. The van der Waals surface area contributed by atoms with Gasteiger partial charge in [-0.3, -0.25) is 0 Å². The Morgan fingerprint density at radius 2 is 2.23 bits per heavy atom. The average Bonchev–Trinajstić information content (AvgIpc) is 2.85. The Balaban J connectivity index is 1.87. The van der Waals surface area contributed by atoms with Crippen LogP contribution >= 0.6 is 15.9 Å². The van der Waals surface area contributed by atoms with Crippen molar-refractivity contribution in [3.63, 3.8) is 0 Å². The topological polar surface area (TPSA) is 45.7 Å². The lowest BCUT2D eigenvalue weighted by Gasteiger charge is -2.25. The molecule has 1 aliphatic rings. The average molecular weight is 370 g/mol. The summed E-state index contributed by atoms with van der Waals surface area (Å²) < 4.78 is 6.26. The molecule has 2 heterocycles. The van der Waals surface area contributed by atoms with Crippen molar-refractivity contribution in [3.8, 4) is 0 Å². The van der Waals surface area contributed by atoms with E-state index >= 15 is 0 Å². The van der Waals surface area contributed by atoms with Crippen molar-refractivity contribution in [2.24, 2.45) is 5.92 Å². The third-order valence-corrected chi connectivity index (χ3v) is 4.00. The fourth-order valence-electron chi connectivity index (χ4n) is 2.56. The van der Waals surface area contributed by atoms with Crippen LogP contribution in [-0.4, -0.2) is 48.3 Å². The van der Waals surface area contributed by atoms with Crippen LogP contribution in [0.15, 0.2) is 22.8 Å². The molecule has 0 radical (unpaired) electrons. The van der Waals surface area contributed by atoms with Crippen LogP contribution in [-0.2, 0) is 4.74 Å². The maximum Gasteiger partial charge on any atom is 0.410 e. The van der Waals surface area contributed by atoms with Gasteiger partial charge in [0.15, 0.2) is 0 Å². The van der Waals surface area contributed by atoms with Gasteiger partial charge in [0.05, 0.1) is 0 Å². The van der Waals surface area contributed by atoms with Crippen LogP contribution in [0.5, 0.6) is 0 Å². The smallest absolute Gasteiger partial charge is 0.410 e. The summed E-state index contributed by atoms with van der Waals surface area (Å²) in [6.45, 7) is 8.07. The number of hydrogen-bond donors (Lipinski definition) is 0. The number of carbonyl (C=O) groups excluding carboxylic acids is 1. The lowest BCUT2D eigenvalue weighted by Crippen LogP contribution is -2.36. The summed E-state index contributed by atoms with van der Waals surface area (Å²) >= 11 is 3.39. The molecule has 1 atom stereocenters.